The summed E-state index contributed by atoms with van der Waals surface area (Å²) in [5.41, 5.74) is 0. The molecule has 0 aromatic carbocycles. The van der Waals surface area contributed by atoms with Gasteiger partial charge in [0.1, 0.15) is 11.9 Å². The predicted molar refractivity (Wildman–Crippen MR) is 62.9 cm³/mol. The third-order valence-corrected chi connectivity index (χ3v) is 3.09. The van der Waals surface area contributed by atoms with Crippen LogP contribution in [-0.2, 0) is 4.79 Å². The molecule has 1 N–H and O–H groups in total. The molecular formula is C11H16N4O2. The van der Waals surface area contributed by atoms with Crippen molar-refractivity contribution in [1.82, 2.24) is 14.9 Å². The first-order valence-electron chi connectivity index (χ1n) is 5.66. The van der Waals surface area contributed by atoms with E-state index in [1.165, 1.54) is 0 Å². The summed E-state index contributed by atoms with van der Waals surface area (Å²) in [7, 11) is 0. The highest BCUT2D eigenvalue weighted by Gasteiger charge is 2.25. The number of rotatable bonds is 3. The van der Waals surface area contributed by atoms with Crippen molar-refractivity contribution in [1.29, 1.82) is 0 Å². The number of aliphatic carboxylic acids is 1. The van der Waals surface area contributed by atoms with Crippen molar-refractivity contribution in [3.05, 3.63) is 18.6 Å². The van der Waals surface area contributed by atoms with Crippen LogP contribution in [0, 0.1) is 0 Å². The molecule has 1 atom stereocenters. The van der Waals surface area contributed by atoms with Crippen LogP contribution in [0.2, 0.25) is 0 Å². The Hall–Kier alpha value is -1.69. The highest BCUT2D eigenvalue weighted by Crippen LogP contribution is 2.12. The Morgan fingerprint density at radius 1 is 1.35 bits per heavy atom. The van der Waals surface area contributed by atoms with Crippen LogP contribution in [0.25, 0.3) is 0 Å². The van der Waals surface area contributed by atoms with E-state index in [-0.39, 0.29) is 0 Å². The summed E-state index contributed by atoms with van der Waals surface area (Å²) >= 11 is 0. The van der Waals surface area contributed by atoms with Gasteiger partial charge in [-0.25, -0.2) is 4.98 Å². The fourth-order valence-electron chi connectivity index (χ4n) is 1.95. The number of hydrogen-bond acceptors (Lipinski definition) is 5. The second kappa shape index (κ2) is 5.09. The van der Waals surface area contributed by atoms with E-state index in [1.54, 1.807) is 25.5 Å². The maximum Gasteiger partial charge on any atom is 0.320 e. The van der Waals surface area contributed by atoms with Gasteiger partial charge >= 0.3 is 5.97 Å². The van der Waals surface area contributed by atoms with Crippen LogP contribution in [-0.4, -0.2) is 58.2 Å². The Morgan fingerprint density at radius 3 is 2.59 bits per heavy atom. The molecule has 2 rings (SSSR count). The lowest BCUT2D eigenvalue weighted by atomic mass is 10.2. The van der Waals surface area contributed by atoms with Crippen LogP contribution in [0.3, 0.4) is 0 Å². The van der Waals surface area contributed by atoms with E-state index in [2.05, 4.69) is 14.9 Å². The van der Waals surface area contributed by atoms with Crippen molar-refractivity contribution in [3.63, 3.8) is 0 Å². The number of carbonyl (C=O) groups is 1. The molecule has 17 heavy (non-hydrogen) atoms. The summed E-state index contributed by atoms with van der Waals surface area (Å²) in [4.78, 5) is 23.2. The van der Waals surface area contributed by atoms with Gasteiger partial charge in [0.15, 0.2) is 0 Å². The summed E-state index contributed by atoms with van der Waals surface area (Å²) < 4.78 is 0. The van der Waals surface area contributed by atoms with Gasteiger partial charge in [-0.3, -0.25) is 14.7 Å². The Bertz CT molecular complexity index is 376. The quantitative estimate of drug-likeness (QED) is 0.801. The van der Waals surface area contributed by atoms with Crippen LogP contribution in [0.4, 0.5) is 5.82 Å². The minimum Gasteiger partial charge on any atom is -0.480 e. The van der Waals surface area contributed by atoms with Crippen molar-refractivity contribution >= 4 is 11.8 Å². The van der Waals surface area contributed by atoms with Gasteiger partial charge in [0.25, 0.3) is 0 Å². The fourth-order valence-corrected chi connectivity index (χ4v) is 1.95. The number of hydrogen-bond donors (Lipinski definition) is 1. The molecule has 1 fully saturated rings. The largest absolute Gasteiger partial charge is 0.480 e. The Labute approximate surface area is 99.9 Å². The second-order valence-electron chi connectivity index (χ2n) is 4.10. The average Bonchev–Trinajstić information content (AvgIpc) is 2.39. The van der Waals surface area contributed by atoms with E-state index in [0.29, 0.717) is 0 Å². The number of aromatic nitrogens is 2. The van der Waals surface area contributed by atoms with Crippen molar-refractivity contribution in [3.8, 4) is 0 Å². The van der Waals surface area contributed by atoms with Gasteiger partial charge in [-0.2, -0.15) is 0 Å². The number of nitrogens with zero attached hydrogens (tertiary/aromatic N) is 4. The first kappa shape index (κ1) is 11.8. The third-order valence-electron chi connectivity index (χ3n) is 3.09. The van der Waals surface area contributed by atoms with Gasteiger partial charge in [-0.15, -0.1) is 0 Å². The maximum atomic E-state index is 10.9. The lowest BCUT2D eigenvalue weighted by Gasteiger charge is -2.36. The molecule has 1 aliphatic heterocycles. The van der Waals surface area contributed by atoms with E-state index in [4.69, 9.17) is 5.11 Å². The number of anilines is 1. The van der Waals surface area contributed by atoms with Crippen LogP contribution < -0.4 is 4.90 Å². The van der Waals surface area contributed by atoms with Gasteiger partial charge in [-0.1, -0.05) is 0 Å². The van der Waals surface area contributed by atoms with Crippen molar-refractivity contribution in [2.45, 2.75) is 13.0 Å². The van der Waals surface area contributed by atoms with Crippen LogP contribution in [0.15, 0.2) is 18.6 Å². The second-order valence-corrected chi connectivity index (χ2v) is 4.10. The lowest BCUT2D eigenvalue weighted by Crippen LogP contribution is -2.52. The SMILES string of the molecule is C[C@@H](C(=O)O)N1CCN(c2cnccn2)CC1. The molecule has 1 aromatic rings. The van der Waals surface area contributed by atoms with Crippen LogP contribution >= 0.6 is 0 Å². The Morgan fingerprint density at radius 2 is 2.06 bits per heavy atom. The number of piperazine rings is 1. The van der Waals surface area contributed by atoms with Crippen LogP contribution in [0.5, 0.6) is 0 Å². The topological polar surface area (TPSA) is 69.6 Å². The zero-order chi connectivity index (χ0) is 12.3. The Kier molecular flexibility index (Phi) is 3.53. The van der Waals surface area contributed by atoms with E-state index in [0.717, 1.165) is 32.0 Å². The molecule has 1 aliphatic rings. The molecule has 0 unspecified atom stereocenters. The molecule has 92 valence electrons. The minimum absolute atomic E-state index is 0.418. The summed E-state index contributed by atoms with van der Waals surface area (Å²) in [6.07, 6.45) is 5.05. The monoisotopic (exact) mass is 236 g/mol. The zero-order valence-electron chi connectivity index (χ0n) is 9.78. The normalized spacial score (nSPS) is 19.0. The predicted octanol–water partition coefficient (Wildman–Crippen LogP) is 0.0717. The highest BCUT2D eigenvalue weighted by atomic mass is 16.4. The molecule has 0 saturated carbocycles. The summed E-state index contributed by atoms with van der Waals surface area (Å²) in [5.74, 6) is 0.0908. The van der Waals surface area contributed by atoms with E-state index < -0.39 is 12.0 Å². The summed E-state index contributed by atoms with van der Waals surface area (Å²) in [5, 5.41) is 8.94. The zero-order valence-corrected chi connectivity index (χ0v) is 9.78. The first-order chi connectivity index (χ1) is 8.18. The first-order valence-corrected chi connectivity index (χ1v) is 5.66. The van der Waals surface area contributed by atoms with Crippen LogP contribution in [0.1, 0.15) is 6.92 Å². The molecule has 6 heteroatoms. The molecule has 0 amide bonds. The van der Waals surface area contributed by atoms with Crippen molar-refractivity contribution in [2.24, 2.45) is 0 Å². The fraction of sp³-hybridized carbons (Fsp3) is 0.545. The summed E-state index contributed by atoms with van der Waals surface area (Å²) in [6, 6.07) is -0.418. The molecule has 0 bridgehead atoms. The smallest absolute Gasteiger partial charge is 0.320 e. The highest BCUT2D eigenvalue weighted by molar-refractivity contribution is 5.72. The van der Waals surface area contributed by atoms with Gasteiger partial charge in [0.05, 0.1) is 6.20 Å². The molecule has 0 spiro atoms. The standard InChI is InChI=1S/C11H16N4O2/c1-9(11(16)17)14-4-6-15(7-5-14)10-8-12-2-3-13-10/h2-3,8-9H,4-7H2,1H3,(H,16,17)/t9-/m0/s1. The summed E-state index contributed by atoms with van der Waals surface area (Å²) in [6.45, 7) is 4.78. The minimum atomic E-state index is -0.766. The number of carboxylic acids is 1. The van der Waals surface area contributed by atoms with E-state index in [1.807, 2.05) is 4.90 Å². The molecule has 1 saturated heterocycles. The molecule has 2 heterocycles. The van der Waals surface area contributed by atoms with E-state index in [9.17, 15) is 4.79 Å². The molecule has 6 nitrogen and oxygen atoms in total. The molecule has 0 radical (unpaired) electrons. The van der Waals surface area contributed by atoms with Gasteiger partial charge in [0.2, 0.25) is 0 Å². The maximum absolute atomic E-state index is 10.9. The van der Waals surface area contributed by atoms with Crippen molar-refractivity contribution < 1.29 is 9.90 Å². The van der Waals surface area contributed by atoms with Gasteiger partial charge in [0, 0.05) is 38.6 Å². The molecule has 0 aliphatic carbocycles. The third kappa shape index (κ3) is 2.71. The number of carboxylic acid groups (broad SMARTS) is 1. The molecular weight excluding hydrogens is 220 g/mol. The van der Waals surface area contributed by atoms with Crippen molar-refractivity contribution in [2.75, 3.05) is 31.1 Å². The van der Waals surface area contributed by atoms with Gasteiger partial charge < -0.3 is 10.0 Å². The average molecular weight is 236 g/mol. The lowest BCUT2D eigenvalue weighted by molar-refractivity contribution is -0.142. The Balaban J connectivity index is 1.93. The van der Waals surface area contributed by atoms with Gasteiger partial charge in [-0.05, 0) is 6.92 Å². The van der Waals surface area contributed by atoms with E-state index >= 15 is 0 Å². The molecule has 1 aromatic heterocycles.